The van der Waals surface area contributed by atoms with Gasteiger partial charge >= 0.3 is 0 Å². The molecule has 0 saturated carbocycles. The van der Waals surface area contributed by atoms with Crippen molar-refractivity contribution in [3.63, 3.8) is 0 Å². The number of H-pyrrole nitrogens is 1. The Labute approximate surface area is 140 Å². The van der Waals surface area contributed by atoms with Gasteiger partial charge in [0.25, 0.3) is 0 Å². The molecule has 0 unspecified atom stereocenters. The van der Waals surface area contributed by atoms with Crippen LogP contribution < -0.4 is 0 Å². The number of aromatic nitrogens is 4. The summed E-state index contributed by atoms with van der Waals surface area (Å²) in [5.41, 5.74) is 3.58. The van der Waals surface area contributed by atoms with Gasteiger partial charge in [-0.3, -0.25) is 4.40 Å². The summed E-state index contributed by atoms with van der Waals surface area (Å²) in [6.07, 6.45) is 1.77. The van der Waals surface area contributed by atoms with Gasteiger partial charge < -0.3 is 4.98 Å². The molecule has 110 valence electrons. The molecule has 3 heterocycles. The van der Waals surface area contributed by atoms with Crippen LogP contribution in [0.1, 0.15) is 5.69 Å². The topological polar surface area (TPSA) is 46.0 Å². The first-order chi connectivity index (χ1) is 10.7. The van der Waals surface area contributed by atoms with Gasteiger partial charge in [-0.2, -0.15) is 0 Å². The van der Waals surface area contributed by atoms with Gasteiger partial charge in [0.1, 0.15) is 10.8 Å². The largest absolute Gasteiger partial charge is 0.333 e. The molecule has 1 N–H and O–H groups in total. The molecule has 0 bridgehead atoms. The van der Waals surface area contributed by atoms with Crippen LogP contribution in [0.5, 0.6) is 0 Å². The molecule has 0 atom stereocenters. The van der Waals surface area contributed by atoms with E-state index in [9.17, 15) is 0 Å². The SMILES string of the molecule is Clc1ccc2nc(CSc3nc4ccccc4[nH]3)c(Cl)n2c1. The molecule has 0 fully saturated rings. The average molecular weight is 349 g/mol. The van der Waals surface area contributed by atoms with Crippen molar-refractivity contribution in [2.75, 3.05) is 0 Å². The lowest BCUT2D eigenvalue weighted by atomic mass is 10.3. The minimum absolute atomic E-state index is 0.584. The third-order valence-electron chi connectivity index (χ3n) is 3.30. The summed E-state index contributed by atoms with van der Waals surface area (Å²) in [6.45, 7) is 0. The normalized spacial score (nSPS) is 11.5. The maximum Gasteiger partial charge on any atom is 0.166 e. The monoisotopic (exact) mass is 348 g/mol. The van der Waals surface area contributed by atoms with E-state index < -0.39 is 0 Å². The molecule has 4 rings (SSSR count). The van der Waals surface area contributed by atoms with Gasteiger partial charge in [-0.05, 0) is 24.3 Å². The van der Waals surface area contributed by atoms with Crippen LogP contribution in [0, 0.1) is 0 Å². The highest BCUT2D eigenvalue weighted by molar-refractivity contribution is 7.98. The van der Waals surface area contributed by atoms with E-state index in [4.69, 9.17) is 23.2 Å². The van der Waals surface area contributed by atoms with Crippen molar-refractivity contribution >= 4 is 51.6 Å². The zero-order chi connectivity index (χ0) is 15.1. The average Bonchev–Trinajstić information content (AvgIpc) is 3.07. The van der Waals surface area contributed by atoms with Crippen LogP contribution >= 0.6 is 35.0 Å². The molecule has 7 heteroatoms. The minimum Gasteiger partial charge on any atom is -0.333 e. The number of hydrogen-bond acceptors (Lipinski definition) is 3. The second kappa shape index (κ2) is 5.50. The van der Waals surface area contributed by atoms with Crippen LogP contribution in [-0.4, -0.2) is 19.4 Å². The van der Waals surface area contributed by atoms with Crippen molar-refractivity contribution in [1.82, 2.24) is 19.4 Å². The molecule has 22 heavy (non-hydrogen) atoms. The van der Waals surface area contributed by atoms with Gasteiger partial charge in [0.2, 0.25) is 0 Å². The Bertz CT molecular complexity index is 943. The zero-order valence-corrected chi connectivity index (χ0v) is 13.6. The predicted molar refractivity (Wildman–Crippen MR) is 90.9 cm³/mol. The molecule has 4 nitrogen and oxygen atoms in total. The third kappa shape index (κ3) is 2.45. The van der Waals surface area contributed by atoms with Crippen LogP contribution in [0.3, 0.4) is 0 Å². The number of para-hydroxylation sites is 2. The van der Waals surface area contributed by atoms with Crippen molar-refractivity contribution in [3.8, 4) is 0 Å². The molecule has 0 saturated heterocycles. The minimum atomic E-state index is 0.584. The molecule has 0 aliphatic heterocycles. The number of aromatic amines is 1. The highest BCUT2D eigenvalue weighted by Crippen LogP contribution is 2.27. The Morgan fingerprint density at radius 3 is 2.82 bits per heavy atom. The molecule has 3 aromatic heterocycles. The fraction of sp³-hybridized carbons (Fsp3) is 0.0667. The second-order valence-electron chi connectivity index (χ2n) is 4.77. The van der Waals surface area contributed by atoms with Crippen molar-refractivity contribution in [1.29, 1.82) is 0 Å². The number of halogens is 2. The van der Waals surface area contributed by atoms with Crippen molar-refractivity contribution in [3.05, 3.63) is 58.5 Å². The number of pyridine rings is 1. The van der Waals surface area contributed by atoms with E-state index in [2.05, 4.69) is 15.0 Å². The molecule has 0 aliphatic rings. The van der Waals surface area contributed by atoms with E-state index in [1.165, 1.54) is 0 Å². The number of imidazole rings is 2. The number of fused-ring (bicyclic) bond motifs is 2. The molecule has 0 spiro atoms. The smallest absolute Gasteiger partial charge is 0.166 e. The Balaban J connectivity index is 1.62. The number of rotatable bonds is 3. The summed E-state index contributed by atoms with van der Waals surface area (Å²) in [5.74, 6) is 0.637. The molecule has 1 aromatic carbocycles. The lowest BCUT2D eigenvalue weighted by Crippen LogP contribution is -1.84. The van der Waals surface area contributed by atoms with Gasteiger partial charge in [0.05, 0.1) is 21.7 Å². The second-order valence-corrected chi connectivity index (χ2v) is 6.53. The van der Waals surface area contributed by atoms with E-state index in [0.29, 0.717) is 15.9 Å². The van der Waals surface area contributed by atoms with Crippen LogP contribution in [0.2, 0.25) is 10.2 Å². The summed E-state index contributed by atoms with van der Waals surface area (Å²) in [4.78, 5) is 12.3. The lowest BCUT2D eigenvalue weighted by Gasteiger charge is -1.96. The highest BCUT2D eigenvalue weighted by atomic mass is 35.5. The first-order valence-corrected chi connectivity index (χ1v) is 8.34. The summed E-state index contributed by atoms with van der Waals surface area (Å²) in [6, 6.07) is 11.6. The van der Waals surface area contributed by atoms with Crippen LogP contribution in [0.25, 0.3) is 16.7 Å². The Morgan fingerprint density at radius 2 is 1.95 bits per heavy atom. The Morgan fingerprint density at radius 1 is 1.09 bits per heavy atom. The van der Waals surface area contributed by atoms with Gasteiger partial charge in [-0.25, -0.2) is 9.97 Å². The van der Waals surface area contributed by atoms with E-state index in [1.54, 1.807) is 28.4 Å². The highest BCUT2D eigenvalue weighted by Gasteiger charge is 2.12. The van der Waals surface area contributed by atoms with Gasteiger partial charge in [0.15, 0.2) is 5.16 Å². The standard InChI is InChI=1S/C15H10Cl2N4S/c16-9-5-6-13-18-12(14(17)21(13)7-9)8-22-15-19-10-3-1-2-4-11(10)20-15/h1-7H,8H2,(H,19,20). The van der Waals surface area contributed by atoms with Crippen LogP contribution in [0.4, 0.5) is 0 Å². The van der Waals surface area contributed by atoms with Gasteiger partial charge in [0, 0.05) is 11.9 Å². The van der Waals surface area contributed by atoms with E-state index in [0.717, 1.165) is 27.5 Å². The number of hydrogen-bond donors (Lipinski definition) is 1. The molecule has 0 amide bonds. The maximum atomic E-state index is 6.37. The molecular weight excluding hydrogens is 339 g/mol. The third-order valence-corrected chi connectivity index (χ3v) is 4.81. The quantitative estimate of drug-likeness (QED) is 0.540. The summed E-state index contributed by atoms with van der Waals surface area (Å²) in [7, 11) is 0. The molecular formula is C15H10Cl2N4S. The number of benzene rings is 1. The van der Waals surface area contributed by atoms with Crippen molar-refractivity contribution < 1.29 is 0 Å². The molecule has 4 aromatic rings. The fourth-order valence-corrected chi connectivity index (χ4v) is 3.57. The maximum absolute atomic E-state index is 6.37. The van der Waals surface area contributed by atoms with Crippen molar-refractivity contribution in [2.24, 2.45) is 0 Å². The van der Waals surface area contributed by atoms with E-state index in [1.807, 2.05) is 30.3 Å². The predicted octanol–water partition coefficient (Wildman–Crippen LogP) is 4.81. The Kier molecular flexibility index (Phi) is 3.48. The molecule has 0 aliphatic carbocycles. The summed E-state index contributed by atoms with van der Waals surface area (Å²) >= 11 is 13.9. The van der Waals surface area contributed by atoms with Gasteiger partial charge in [-0.15, -0.1) is 0 Å². The first kappa shape index (κ1) is 13.9. The number of nitrogens with zero attached hydrogens (tertiary/aromatic N) is 3. The van der Waals surface area contributed by atoms with Crippen molar-refractivity contribution in [2.45, 2.75) is 10.9 Å². The fourth-order valence-electron chi connectivity index (χ4n) is 2.27. The van der Waals surface area contributed by atoms with E-state index >= 15 is 0 Å². The lowest BCUT2D eigenvalue weighted by molar-refractivity contribution is 1.07. The number of thioether (sulfide) groups is 1. The zero-order valence-electron chi connectivity index (χ0n) is 11.3. The van der Waals surface area contributed by atoms with E-state index in [-0.39, 0.29) is 0 Å². The number of nitrogens with one attached hydrogen (secondary N) is 1. The summed E-state index contributed by atoms with van der Waals surface area (Å²) < 4.78 is 1.79. The van der Waals surface area contributed by atoms with Crippen LogP contribution in [-0.2, 0) is 5.75 Å². The molecule has 0 radical (unpaired) electrons. The summed E-state index contributed by atoms with van der Waals surface area (Å²) in [5, 5.41) is 2.07. The van der Waals surface area contributed by atoms with Crippen LogP contribution in [0.15, 0.2) is 47.8 Å². The first-order valence-electron chi connectivity index (χ1n) is 6.60. The Hall–Kier alpha value is -1.69. The van der Waals surface area contributed by atoms with Gasteiger partial charge in [-0.1, -0.05) is 47.1 Å².